The molecule has 0 aliphatic carbocycles. The standard InChI is InChI=1S/C14H12Br4/c1-2-8-6-7-10(13(15)16)9-4-3-5-11(12(8)9)14(17)18/h3-7,13-14H,2H2,1H3. The van der Waals surface area contributed by atoms with Crippen LogP contribution < -0.4 is 0 Å². The lowest BCUT2D eigenvalue weighted by Gasteiger charge is -2.15. The van der Waals surface area contributed by atoms with E-state index in [2.05, 4.69) is 101 Å². The highest BCUT2D eigenvalue weighted by molar-refractivity contribution is 9.24. The number of hydrogen-bond donors (Lipinski definition) is 0. The fourth-order valence-corrected chi connectivity index (χ4v) is 3.76. The molecule has 0 aromatic heterocycles. The van der Waals surface area contributed by atoms with Gasteiger partial charge in [-0.1, -0.05) is 101 Å². The third-order valence-electron chi connectivity index (χ3n) is 3.04. The second kappa shape index (κ2) is 6.38. The zero-order valence-electron chi connectivity index (χ0n) is 9.76. The van der Waals surface area contributed by atoms with Crippen LogP contribution in [0, 0.1) is 0 Å². The van der Waals surface area contributed by atoms with Crippen molar-refractivity contribution < 1.29 is 0 Å². The van der Waals surface area contributed by atoms with E-state index in [1.54, 1.807) is 0 Å². The summed E-state index contributed by atoms with van der Waals surface area (Å²) >= 11 is 14.5. The van der Waals surface area contributed by atoms with Crippen molar-refractivity contribution in [3.63, 3.8) is 0 Å². The molecule has 0 nitrogen and oxygen atoms in total. The maximum Gasteiger partial charge on any atom is 0.0952 e. The van der Waals surface area contributed by atoms with Crippen molar-refractivity contribution in [3.8, 4) is 0 Å². The van der Waals surface area contributed by atoms with E-state index in [1.807, 2.05) is 0 Å². The molecule has 0 radical (unpaired) electrons. The second-order valence-corrected chi connectivity index (χ2v) is 10.2. The van der Waals surface area contributed by atoms with E-state index in [9.17, 15) is 0 Å². The van der Waals surface area contributed by atoms with E-state index in [-0.39, 0.29) is 7.47 Å². The summed E-state index contributed by atoms with van der Waals surface area (Å²) in [5, 5.41) is 2.65. The molecule has 0 atom stereocenters. The van der Waals surface area contributed by atoms with E-state index in [1.165, 1.54) is 27.5 Å². The Balaban J connectivity index is 2.86. The number of hydrogen-bond acceptors (Lipinski definition) is 0. The first-order valence-corrected chi connectivity index (χ1v) is 9.33. The first-order chi connectivity index (χ1) is 8.56. The van der Waals surface area contributed by atoms with Crippen LogP contribution in [0.5, 0.6) is 0 Å². The molecule has 2 aromatic carbocycles. The molecule has 0 N–H and O–H groups in total. The van der Waals surface area contributed by atoms with E-state index in [0.717, 1.165) is 6.42 Å². The molecule has 0 aliphatic rings. The fourth-order valence-electron chi connectivity index (χ4n) is 2.20. The number of benzene rings is 2. The van der Waals surface area contributed by atoms with Crippen molar-refractivity contribution in [1.82, 2.24) is 0 Å². The van der Waals surface area contributed by atoms with Gasteiger partial charge in [-0.25, -0.2) is 0 Å². The molecule has 0 saturated carbocycles. The normalized spacial score (nSPS) is 11.7. The monoisotopic (exact) mass is 496 g/mol. The fraction of sp³-hybridized carbons (Fsp3) is 0.286. The van der Waals surface area contributed by atoms with Crippen molar-refractivity contribution in [1.29, 1.82) is 0 Å². The highest BCUT2D eigenvalue weighted by Crippen LogP contribution is 2.41. The van der Waals surface area contributed by atoms with Crippen LogP contribution in [0.2, 0.25) is 0 Å². The van der Waals surface area contributed by atoms with Gasteiger partial charge in [-0.15, -0.1) is 0 Å². The third kappa shape index (κ3) is 2.87. The molecule has 4 heteroatoms. The molecule has 0 amide bonds. The Morgan fingerprint density at radius 1 is 0.889 bits per heavy atom. The SMILES string of the molecule is CCc1ccc(C(Br)Br)c2cccc(C(Br)Br)c12. The molecule has 0 aliphatic heterocycles. The molecule has 0 fully saturated rings. The van der Waals surface area contributed by atoms with Crippen molar-refractivity contribution in [2.24, 2.45) is 0 Å². The van der Waals surface area contributed by atoms with Crippen LogP contribution in [-0.2, 0) is 6.42 Å². The number of halogens is 4. The maximum absolute atomic E-state index is 3.62. The van der Waals surface area contributed by atoms with Gasteiger partial charge in [-0.3, -0.25) is 0 Å². The molecule has 0 heterocycles. The number of fused-ring (bicyclic) bond motifs is 1. The molecule has 96 valence electrons. The molecule has 0 bridgehead atoms. The lowest BCUT2D eigenvalue weighted by Crippen LogP contribution is -1.94. The quantitative estimate of drug-likeness (QED) is 0.400. The Labute approximate surface area is 141 Å². The summed E-state index contributed by atoms with van der Waals surface area (Å²) in [6, 6.07) is 10.9. The summed E-state index contributed by atoms with van der Waals surface area (Å²) in [5.74, 6) is 0. The van der Waals surface area contributed by atoms with E-state index >= 15 is 0 Å². The van der Waals surface area contributed by atoms with Gasteiger partial charge < -0.3 is 0 Å². The van der Waals surface area contributed by atoms with Gasteiger partial charge in [0.05, 0.1) is 7.47 Å². The highest BCUT2D eigenvalue weighted by Gasteiger charge is 2.15. The molecule has 0 unspecified atom stereocenters. The Morgan fingerprint density at radius 2 is 1.56 bits per heavy atom. The van der Waals surface area contributed by atoms with Crippen molar-refractivity contribution in [2.45, 2.75) is 20.8 Å². The topological polar surface area (TPSA) is 0 Å². The minimum atomic E-state index is 0.178. The number of aryl methyl sites for hydroxylation is 1. The van der Waals surface area contributed by atoms with Crippen LogP contribution in [0.1, 0.15) is 31.1 Å². The average molecular weight is 500 g/mol. The maximum atomic E-state index is 3.62. The highest BCUT2D eigenvalue weighted by atomic mass is 79.9. The van der Waals surface area contributed by atoms with Gasteiger partial charge in [0.2, 0.25) is 0 Å². The second-order valence-electron chi connectivity index (χ2n) is 4.04. The first-order valence-electron chi connectivity index (χ1n) is 5.67. The van der Waals surface area contributed by atoms with Gasteiger partial charge in [0.15, 0.2) is 0 Å². The summed E-state index contributed by atoms with van der Waals surface area (Å²) in [5.41, 5.74) is 3.94. The summed E-state index contributed by atoms with van der Waals surface area (Å²) in [4.78, 5) is 0. The number of rotatable bonds is 3. The zero-order valence-corrected chi connectivity index (χ0v) is 16.1. The zero-order chi connectivity index (χ0) is 13.3. The lowest BCUT2D eigenvalue weighted by molar-refractivity contribution is 1.15. The Kier molecular flexibility index (Phi) is 5.32. The van der Waals surface area contributed by atoms with Gasteiger partial charge in [0.25, 0.3) is 0 Å². The van der Waals surface area contributed by atoms with Crippen molar-refractivity contribution in [3.05, 3.63) is 47.0 Å². The minimum Gasteiger partial charge on any atom is -0.0712 e. The molecular weight excluding hydrogens is 488 g/mol. The van der Waals surface area contributed by atoms with Crippen LogP contribution in [0.25, 0.3) is 10.8 Å². The summed E-state index contributed by atoms with van der Waals surface area (Å²) < 4.78 is 0.358. The summed E-state index contributed by atoms with van der Waals surface area (Å²) in [6.07, 6.45) is 1.04. The van der Waals surface area contributed by atoms with Gasteiger partial charge in [0.1, 0.15) is 0 Å². The van der Waals surface area contributed by atoms with Crippen molar-refractivity contribution >= 4 is 74.5 Å². The molecule has 2 aromatic rings. The van der Waals surface area contributed by atoms with Crippen LogP contribution in [0.15, 0.2) is 30.3 Å². The predicted octanol–water partition coefficient (Wildman–Crippen LogP) is 6.98. The van der Waals surface area contributed by atoms with E-state index in [0.29, 0.717) is 0 Å². The van der Waals surface area contributed by atoms with Crippen molar-refractivity contribution in [2.75, 3.05) is 0 Å². The number of alkyl halides is 4. The van der Waals surface area contributed by atoms with Crippen LogP contribution in [0.3, 0.4) is 0 Å². The van der Waals surface area contributed by atoms with Gasteiger partial charge in [-0.2, -0.15) is 0 Å². The van der Waals surface area contributed by atoms with Gasteiger partial charge in [-0.05, 0) is 33.9 Å². The molecule has 0 spiro atoms. The van der Waals surface area contributed by atoms with E-state index < -0.39 is 0 Å². The lowest BCUT2D eigenvalue weighted by atomic mass is 9.95. The Bertz CT molecular complexity index is 561. The van der Waals surface area contributed by atoms with Crippen LogP contribution >= 0.6 is 63.7 Å². The molecule has 0 saturated heterocycles. The van der Waals surface area contributed by atoms with Gasteiger partial charge in [0, 0.05) is 0 Å². The predicted molar refractivity (Wildman–Crippen MR) is 94.5 cm³/mol. The first kappa shape index (κ1) is 15.0. The molecule has 18 heavy (non-hydrogen) atoms. The summed E-state index contributed by atoms with van der Waals surface area (Å²) in [7, 11) is 0. The van der Waals surface area contributed by atoms with E-state index in [4.69, 9.17) is 0 Å². The smallest absolute Gasteiger partial charge is 0.0712 e. The average Bonchev–Trinajstić information content (AvgIpc) is 2.36. The summed E-state index contributed by atoms with van der Waals surface area (Å²) in [6.45, 7) is 2.20. The molecule has 2 rings (SSSR count). The largest absolute Gasteiger partial charge is 0.0952 e. The van der Waals surface area contributed by atoms with Gasteiger partial charge >= 0.3 is 0 Å². The molecular formula is C14H12Br4. The third-order valence-corrected chi connectivity index (χ3v) is 5.02. The van der Waals surface area contributed by atoms with Crippen LogP contribution in [-0.4, -0.2) is 0 Å². The Hall–Kier alpha value is 0.620. The minimum absolute atomic E-state index is 0.178. The van der Waals surface area contributed by atoms with Crippen LogP contribution in [0.4, 0.5) is 0 Å². The Morgan fingerprint density at radius 3 is 2.11 bits per heavy atom.